The first-order valence-corrected chi connectivity index (χ1v) is 8.10. The van der Waals surface area contributed by atoms with Gasteiger partial charge in [-0.05, 0) is 57.5 Å². The lowest BCUT2D eigenvalue weighted by Crippen LogP contribution is -2.39. The first-order valence-electron chi connectivity index (χ1n) is 8.10. The summed E-state index contributed by atoms with van der Waals surface area (Å²) in [6, 6.07) is 11.0. The van der Waals surface area contributed by atoms with E-state index < -0.39 is 0 Å². The SMILES string of the molecule is CCN1CCC(C(C)Nc2cnc3ccccc3c2)CC1. The molecule has 1 fully saturated rings. The molecule has 1 aliphatic heterocycles. The van der Waals surface area contributed by atoms with Crippen LogP contribution < -0.4 is 5.32 Å². The van der Waals surface area contributed by atoms with Crippen LogP contribution in [0.3, 0.4) is 0 Å². The average Bonchev–Trinajstić information content (AvgIpc) is 2.55. The van der Waals surface area contributed by atoms with Crippen LogP contribution in [0.4, 0.5) is 5.69 Å². The van der Waals surface area contributed by atoms with E-state index in [0.29, 0.717) is 6.04 Å². The van der Waals surface area contributed by atoms with Crippen molar-refractivity contribution < 1.29 is 0 Å². The topological polar surface area (TPSA) is 28.2 Å². The first-order chi connectivity index (χ1) is 10.3. The number of rotatable bonds is 4. The summed E-state index contributed by atoms with van der Waals surface area (Å²) in [5.41, 5.74) is 2.20. The molecule has 0 radical (unpaired) electrons. The number of likely N-dealkylation sites (tertiary alicyclic amines) is 1. The van der Waals surface area contributed by atoms with Gasteiger partial charge in [0.1, 0.15) is 0 Å². The second-order valence-corrected chi connectivity index (χ2v) is 6.12. The van der Waals surface area contributed by atoms with Gasteiger partial charge in [0.15, 0.2) is 0 Å². The van der Waals surface area contributed by atoms with Crippen molar-refractivity contribution in [2.45, 2.75) is 32.7 Å². The van der Waals surface area contributed by atoms with Gasteiger partial charge in [0, 0.05) is 11.4 Å². The van der Waals surface area contributed by atoms with E-state index in [4.69, 9.17) is 0 Å². The van der Waals surface area contributed by atoms with Crippen molar-refractivity contribution in [3.63, 3.8) is 0 Å². The van der Waals surface area contributed by atoms with Crippen molar-refractivity contribution in [1.29, 1.82) is 0 Å². The van der Waals surface area contributed by atoms with Crippen molar-refractivity contribution in [3.05, 3.63) is 36.5 Å². The highest BCUT2D eigenvalue weighted by Gasteiger charge is 2.23. The maximum absolute atomic E-state index is 4.53. The predicted molar refractivity (Wildman–Crippen MR) is 89.7 cm³/mol. The predicted octanol–water partition coefficient (Wildman–Crippen LogP) is 3.77. The zero-order chi connectivity index (χ0) is 14.7. The second kappa shape index (κ2) is 6.44. The maximum atomic E-state index is 4.53. The summed E-state index contributed by atoms with van der Waals surface area (Å²) in [6.07, 6.45) is 4.55. The monoisotopic (exact) mass is 283 g/mol. The van der Waals surface area contributed by atoms with Crippen LogP contribution >= 0.6 is 0 Å². The van der Waals surface area contributed by atoms with Crippen molar-refractivity contribution >= 4 is 16.6 Å². The molecule has 1 saturated heterocycles. The minimum atomic E-state index is 0.506. The molecule has 0 spiro atoms. The normalized spacial score (nSPS) is 18.8. The molecule has 1 N–H and O–H groups in total. The molecule has 1 atom stereocenters. The minimum Gasteiger partial charge on any atom is -0.381 e. The molecule has 1 aromatic carbocycles. The Labute approximate surface area is 127 Å². The molecule has 3 rings (SSSR count). The third-order valence-corrected chi connectivity index (χ3v) is 4.77. The number of nitrogens with one attached hydrogen (secondary N) is 1. The summed E-state index contributed by atoms with van der Waals surface area (Å²) in [7, 11) is 0. The molecule has 112 valence electrons. The van der Waals surface area contributed by atoms with Crippen LogP contribution in [0.1, 0.15) is 26.7 Å². The number of benzene rings is 1. The number of hydrogen-bond acceptors (Lipinski definition) is 3. The van der Waals surface area contributed by atoms with Crippen LogP contribution in [0.15, 0.2) is 36.5 Å². The molecular formula is C18H25N3. The van der Waals surface area contributed by atoms with Gasteiger partial charge in [-0.2, -0.15) is 0 Å². The molecule has 3 heteroatoms. The number of nitrogens with zero attached hydrogens (tertiary/aromatic N) is 2. The zero-order valence-corrected chi connectivity index (χ0v) is 13.0. The molecule has 1 aliphatic rings. The fourth-order valence-corrected chi connectivity index (χ4v) is 3.30. The number of hydrogen-bond donors (Lipinski definition) is 1. The Morgan fingerprint density at radius 2 is 2.05 bits per heavy atom. The van der Waals surface area contributed by atoms with E-state index in [1.54, 1.807) is 0 Å². The third kappa shape index (κ3) is 3.35. The van der Waals surface area contributed by atoms with Crippen LogP contribution in [0, 0.1) is 5.92 Å². The third-order valence-electron chi connectivity index (χ3n) is 4.77. The minimum absolute atomic E-state index is 0.506. The summed E-state index contributed by atoms with van der Waals surface area (Å²) in [6.45, 7) is 8.22. The summed E-state index contributed by atoms with van der Waals surface area (Å²) in [4.78, 5) is 7.08. The standard InChI is InChI=1S/C18H25N3/c1-3-21-10-8-15(9-11-21)14(2)20-17-12-16-6-4-5-7-18(16)19-13-17/h4-7,12-15,20H,3,8-11H2,1-2H3. The Hall–Kier alpha value is -1.61. The van der Waals surface area contributed by atoms with Crippen LogP contribution in [0.2, 0.25) is 0 Å². The molecular weight excluding hydrogens is 258 g/mol. The Balaban J connectivity index is 1.64. The second-order valence-electron chi connectivity index (χ2n) is 6.12. The highest BCUT2D eigenvalue weighted by molar-refractivity contribution is 5.81. The van der Waals surface area contributed by atoms with Gasteiger partial charge in [-0.15, -0.1) is 0 Å². The lowest BCUT2D eigenvalue weighted by molar-refractivity contribution is 0.183. The highest BCUT2D eigenvalue weighted by Crippen LogP contribution is 2.24. The fourth-order valence-electron chi connectivity index (χ4n) is 3.30. The highest BCUT2D eigenvalue weighted by atomic mass is 15.1. The Morgan fingerprint density at radius 3 is 2.81 bits per heavy atom. The van der Waals surface area contributed by atoms with Crippen LogP contribution in [-0.4, -0.2) is 35.6 Å². The van der Waals surface area contributed by atoms with Crippen LogP contribution in [0.25, 0.3) is 10.9 Å². The molecule has 0 saturated carbocycles. The summed E-state index contributed by atoms with van der Waals surface area (Å²) < 4.78 is 0. The van der Waals surface area contributed by atoms with Gasteiger partial charge in [0.2, 0.25) is 0 Å². The number of fused-ring (bicyclic) bond motifs is 1. The van der Waals surface area contributed by atoms with Gasteiger partial charge < -0.3 is 10.2 Å². The molecule has 1 unspecified atom stereocenters. The summed E-state index contributed by atoms with van der Waals surface area (Å²) in [5, 5.41) is 4.86. The molecule has 0 bridgehead atoms. The number of aromatic nitrogens is 1. The van der Waals surface area contributed by atoms with Crippen molar-refractivity contribution in [3.8, 4) is 0 Å². The van der Waals surface area contributed by atoms with E-state index in [1.807, 2.05) is 12.3 Å². The van der Waals surface area contributed by atoms with Gasteiger partial charge in [-0.25, -0.2) is 0 Å². The molecule has 21 heavy (non-hydrogen) atoms. The van der Waals surface area contributed by atoms with Crippen LogP contribution in [0.5, 0.6) is 0 Å². The lowest BCUT2D eigenvalue weighted by atomic mass is 9.90. The van der Waals surface area contributed by atoms with E-state index in [9.17, 15) is 0 Å². The lowest BCUT2D eigenvalue weighted by Gasteiger charge is -2.34. The average molecular weight is 283 g/mol. The van der Waals surface area contributed by atoms with E-state index in [1.165, 1.54) is 37.9 Å². The Morgan fingerprint density at radius 1 is 1.29 bits per heavy atom. The van der Waals surface area contributed by atoms with Gasteiger partial charge >= 0.3 is 0 Å². The van der Waals surface area contributed by atoms with Gasteiger partial charge in [0.25, 0.3) is 0 Å². The zero-order valence-electron chi connectivity index (χ0n) is 13.0. The largest absolute Gasteiger partial charge is 0.381 e. The summed E-state index contributed by atoms with van der Waals surface area (Å²) >= 11 is 0. The quantitative estimate of drug-likeness (QED) is 0.926. The van der Waals surface area contributed by atoms with E-state index in [-0.39, 0.29) is 0 Å². The van der Waals surface area contributed by atoms with E-state index in [2.05, 4.69) is 53.3 Å². The maximum Gasteiger partial charge on any atom is 0.0703 e. The van der Waals surface area contributed by atoms with E-state index in [0.717, 1.165) is 17.1 Å². The van der Waals surface area contributed by atoms with Gasteiger partial charge in [-0.1, -0.05) is 25.1 Å². The Bertz CT molecular complexity index is 588. The molecule has 0 amide bonds. The van der Waals surface area contributed by atoms with Crippen LogP contribution in [-0.2, 0) is 0 Å². The fraction of sp³-hybridized carbons (Fsp3) is 0.500. The van der Waals surface area contributed by atoms with Gasteiger partial charge in [0.05, 0.1) is 17.4 Å². The van der Waals surface area contributed by atoms with E-state index >= 15 is 0 Å². The number of pyridine rings is 1. The summed E-state index contributed by atoms with van der Waals surface area (Å²) in [5.74, 6) is 0.763. The molecule has 3 nitrogen and oxygen atoms in total. The van der Waals surface area contributed by atoms with Crippen molar-refractivity contribution in [1.82, 2.24) is 9.88 Å². The number of anilines is 1. The van der Waals surface area contributed by atoms with Gasteiger partial charge in [-0.3, -0.25) is 4.98 Å². The molecule has 2 heterocycles. The molecule has 1 aromatic heterocycles. The molecule has 2 aromatic rings. The van der Waals surface area contributed by atoms with Crippen molar-refractivity contribution in [2.75, 3.05) is 25.0 Å². The smallest absolute Gasteiger partial charge is 0.0703 e. The number of para-hydroxylation sites is 1. The van der Waals surface area contributed by atoms with Crippen molar-refractivity contribution in [2.24, 2.45) is 5.92 Å². The Kier molecular flexibility index (Phi) is 4.39. The number of piperidine rings is 1. The first kappa shape index (κ1) is 14.3. The molecule has 0 aliphatic carbocycles.